The van der Waals surface area contributed by atoms with E-state index < -0.39 is 77.3 Å². The quantitative estimate of drug-likeness (QED) is 0.0838. The Labute approximate surface area is 333 Å². The van der Waals surface area contributed by atoms with E-state index in [9.17, 15) is 48.6 Å². The van der Waals surface area contributed by atoms with Crippen LogP contribution in [0.4, 0.5) is 0 Å². The maximum Gasteiger partial charge on any atom is 0.352 e. The van der Waals surface area contributed by atoms with Crippen LogP contribution in [-0.4, -0.2) is 82.1 Å². The first-order valence-electron chi connectivity index (χ1n) is 19.5. The molecule has 0 aromatic heterocycles. The highest BCUT2D eigenvalue weighted by Crippen LogP contribution is 2.28. The van der Waals surface area contributed by atoms with Gasteiger partial charge in [-0.3, -0.25) is 28.8 Å². The van der Waals surface area contributed by atoms with Crippen LogP contribution in [0.2, 0.25) is 0 Å². The van der Waals surface area contributed by atoms with Gasteiger partial charge in [0.1, 0.15) is 17.8 Å². The van der Waals surface area contributed by atoms with Gasteiger partial charge in [0.15, 0.2) is 0 Å². The third-order valence-corrected chi connectivity index (χ3v) is 9.86. The Kier molecular flexibility index (Phi) is 16.9. The Morgan fingerprint density at radius 3 is 2.04 bits per heavy atom. The Morgan fingerprint density at radius 2 is 1.47 bits per heavy atom. The van der Waals surface area contributed by atoms with E-state index >= 15 is 0 Å². The summed E-state index contributed by atoms with van der Waals surface area (Å²) in [6, 6.07) is 0.872. The molecule has 15 nitrogen and oxygen atoms in total. The molecule has 1 aromatic rings. The summed E-state index contributed by atoms with van der Waals surface area (Å²) in [6.45, 7) is 10.4. The molecule has 7 N–H and O–H groups in total. The number of carbonyl (C=O) groups excluding carboxylic acids is 6. The normalized spacial score (nSPS) is 16.8. The zero-order valence-corrected chi connectivity index (χ0v) is 33.7. The van der Waals surface area contributed by atoms with Crippen molar-refractivity contribution in [3.63, 3.8) is 0 Å². The van der Waals surface area contributed by atoms with Crippen LogP contribution in [0, 0.1) is 11.8 Å². The lowest BCUT2D eigenvalue weighted by Crippen LogP contribution is -2.58. The molecular formula is C42H57N5O10. The molecule has 1 aromatic carbocycles. The van der Waals surface area contributed by atoms with Gasteiger partial charge in [-0.25, -0.2) is 9.59 Å². The SMILES string of the molecule is CCCC(NC(=O)[C@H](CC(C)C)NC(=O)[C@@H](NC(=O)c1cc(C(=O)O)cc(C(C)(C)C)c1)C1CCCCC1)C(=O)C(=O)NCC(=O)NC(C(=O)O)=C1C=CC=CC1. The third kappa shape index (κ3) is 13.8. The van der Waals surface area contributed by atoms with E-state index in [2.05, 4.69) is 26.6 Å². The minimum Gasteiger partial charge on any atom is -0.478 e. The molecule has 2 aliphatic carbocycles. The molecule has 0 bridgehead atoms. The summed E-state index contributed by atoms with van der Waals surface area (Å²) in [7, 11) is 0. The number of carboxylic acids is 2. The first-order valence-corrected chi connectivity index (χ1v) is 19.5. The van der Waals surface area contributed by atoms with Crippen molar-refractivity contribution in [2.75, 3.05) is 6.54 Å². The third-order valence-electron chi connectivity index (χ3n) is 9.86. The van der Waals surface area contributed by atoms with Crippen LogP contribution in [0.1, 0.15) is 126 Å². The molecule has 1 saturated carbocycles. The molecule has 15 heteroatoms. The monoisotopic (exact) mass is 791 g/mol. The molecule has 310 valence electrons. The molecule has 3 rings (SSSR count). The summed E-state index contributed by atoms with van der Waals surface area (Å²) < 4.78 is 0. The van der Waals surface area contributed by atoms with Crippen LogP contribution in [0.5, 0.6) is 0 Å². The Hall–Kier alpha value is -5.60. The Balaban J connectivity index is 1.77. The molecule has 0 saturated heterocycles. The van der Waals surface area contributed by atoms with Crippen LogP contribution in [-0.2, 0) is 34.2 Å². The highest BCUT2D eigenvalue weighted by Gasteiger charge is 2.36. The number of carboxylic acid groups (broad SMARTS) is 2. The summed E-state index contributed by atoms with van der Waals surface area (Å²) in [6.07, 6.45) is 11.4. The smallest absolute Gasteiger partial charge is 0.352 e. The van der Waals surface area contributed by atoms with Gasteiger partial charge in [0.25, 0.3) is 11.8 Å². The number of nitrogens with one attached hydrogen (secondary N) is 5. The van der Waals surface area contributed by atoms with E-state index in [0.29, 0.717) is 30.4 Å². The number of aromatic carboxylic acids is 1. The van der Waals surface area contributed by atoms with Crippen LogP contribution in [0.15, 0.2) is 53.8 Å². The molecule has 5 amide bonds. The molecule has 3 atom stereocenters. The van der Waals surface area contributed by atoms with Gasteiger partial charge in [0.2, 0.25) is 23.5 Å². The minimum absolute atomic E-state index is 0.0639. The molecule has 0 radical (unpaired) electrons. The predicted octanol–water partition coefficient (Wildman–Crippen LogP) is 3.83. The van der Waals surface area contributed by atoms with E-state index in [4.69, 9.17) is 0 Å². The highest BCUT2D eigenvalue weighted by atomic mass is 16.4. The fourth-order valence-electron chi connectivity index (χ4n) is 6.76. The molecule has 57 heavy (non-hydrogen) atoms. The topological polar surface area (TPSA) is 237 Å². The second-order valence-electron chi connectivity index (χ2n) is 16.0. The van der Waals surface area contributed by atoms with Crippen LogP contribution in [0.3, 0.4) is 0 Å². The van der Waals surface area contributed by atoms with E-state index in [-0.39, 0.29) is 47.9 Å². The van der Waals surface area contributed by atoms with Crippen molar-refractivity contribution < 1.29 is 48.6 Å². The van der Waals surface area contributed by atoms with Gasteiger partial charge in [-0.2, -0.15) is 0 Å². The summed E-state index contributed by atoms with van der Waals surface area (Å²) >= 11 is 0. The van der Waals surface area contributed by atoms with Crippen LogP contribution < -0.4 is 26.6 Å². The lowest BCUT2D eigenvalue weighted by Gasteiger charge is -2.32. The number of allylic oxidation sites excluding steroid dienone is 5. The standard InChI is InChI=1S/C42H57N5O10/c1-7-14-30(35(49)39(53)43-23-32(48)46-34(41(56)57)26-17-12-9-13-18-26)44-37(51)31(19-24(2)3)45-38(52)33(25-15-10-8-11-16-25)47-36(50)27-20-28(40(54)55)22-29(21-27)42(4,5)6/h9,12-13,17,20-22,24-25,30-31,33H,7-8,10-11,14-16,18-19,23H2,1-6H3,(H,43,53)(H,44,51)(H,45,52)(H,46,48)(H,47,50)(H,54,55)(H,56,57)/t30?,31-,33-/m0/s1. The van der Waals surface area contributed by atoms with Crippen LogP contribution in [0.25, 0.3) is 0 Å². The van der Waals surface area contributed by atoms with Gasteiger partial charge >= 0.3 is 11.9 Å². The average Bonchev–Trinajstić information content (AvgIpc) is 3.16. The van der Waals surface area contributed by atoms with Crippen molar-refractivity contribution in [2.24, 2.45) is 11.8 Å². The first kappa shape index (κ1) is 45.8. The molecule has 2 aliphatic rings. The second kappa shape index (κ2) is 21.1. The van der Waals surface area contributed by atoms with E-state index in [0.717, 1.165) is 19.3 Å². The van der Waals surface area contributed by atoms with Crippen molar-refractivity contribution in [1.82, 2.24) is 26.6 Å². The van der Waals surface area contributed by atoms with E-state index in [1.165, 1.54) is 18.2 Å². The number of carbonyl (C=O) groups is 8. The van der Waals surface area contributed by atoms with Gasteiger partial charge in [-0.05, 0) is 78.7 Å². The van der Waals surface area contributed by atoms with Crippen molar-refractivity contribution in [2.45, 2.75) is 123 Å². The molecule has 0 heterocycles. The van der Waals surface area contributed by atoms with Crippen molar-refractivity contribution in [1.29, 1.82) is 0 Å². The van der Waals surface area contributed by atoms with Gasteiger partial charge < -0.3 is 36.8 Å². The lowest BCUT2D eigenvalue weighted by atomic mass is 9.82. The second-order valence-corrected chi connectivity index (χ2v) is 16.0. The summed E-state index contributed by atoms with van der Waals surface area (Å²) in [5, 5.41) is 32.0. The number of hydrogen-bond donors (Lipinski definition) is 7. The zero-order valence-electron chi connectivity index (χ0n) is 33.7. The molecule has 0 spiro atoms. The number of amides is 5. The maximum absolute atomic E-state index is 14.1. The first-order chi connectivity index (χ1) is 26.8. The predicted molar refractivity (Wildman–Crippen MR) is 212 cm³/mol. The van der Waals surface area contributed by atoms with E-state index in [1.807, 2.05) is 34.6 Å². The summed E-state index contributed by atoms with van der Waals surface area (Å²) in [5.41, 5.74) is 0.162. The number of rotatable bonds is 18. The van der Waals surface area contributed by atoms with Crippen molar-refractivity contribution >= 4 is 47.3 Å². The van der Waals surface area contributed by atoms with Gasteiger partial charge in [0, 0.05) is 5.56 Å². The van der Waals surface area contributed by atoms with Crippen LogP contribution >= 0.6 is 0 Å². The van der Waals surface area contributed by atoms with Crippen molar-refractivity contribution in [3.8, 4) is 0 Å². The average molecular weight is 792 g/mol. The van der Waals surface area contributed by atoms with Gasteiger partial charge in [-0.1, -0.05) is 91.5 Å². The van der Waals surface area contributed by atoms with Gasteiger partial charge in [0.05, 0.1) is 18.2 Å². The summed E-state index contributed by atoms with van der Waals surface area (Å²) in [5.74, 6) is -7.98. The number of benzene rings is 1. The van der Waals surface area contributed by atoms with E-state index in [1.54, 1.807) is 31.2 Å². The fraction of sp³-hybridized carbons (Fsp3) is 0.524. The number of aliphatic carboxylic acids is 1. The van der Waals surface area contributed by atoms with Crippen molar-refractivity contribution in [3.05, 3.63) is 70.5 Å². The van der Waals surface area contributed by atoms with Gasteiger partial charge in [-0.15, -0.1) is 0 Å². The molecular weight excluding hydrogens is 734 g/mol. The zero-order chi connectivity index (χ0) is 42.4. The molecule has 1 fully saturated rings. The minimum atomic E-state index is -1.37. The largest absolute Gasteiger partial charge is 0.478 e. The molecule has 0 aliphatic heterocycles. The molecule has 1 unspecified atom stereocenters. The highest BCUT2D eigenvalue weighted by molar-refractivity contribution is 6.38. The lowest BCUT2D eigenvalue weighted by molar-refractivity contribution is -0.141. The number of hydrogen-bond acceptors (Lipinski definition) is 8. The Morgan fingerprint density at radius 1 is 0.825 bits per heavy atom. The fourth-order valence-corrected chi connectivity index (χ4v) is 6.76. The number of ketones is 1. The Bertz CT molecular complexity index is 1800. The maximum atomic E-state index is 14.1. The summed E-state index contributed by atoms with van der Waals surface area (Å²) in [4.78, 5) is 104. The number of Topliss-reactive ketones (excluding diaryl/α,β-unsaturated/α-hetero) is 1.